The van der Waals surface area contributed by atoms with Crippen LogP contribution >= 0.6 is 0 Å². The number of rotatable bonds is 5. The van der Waals surface area contributed by atoms with Crippen molar-refractivity contribution in [2.75, 3.05) is 26.2 Å². The van der Waals surface area contributed by atoms with Crippen LogP contribution < -0.4 is 10.6 Å². The van der Waals surface area contributed by atoms with E-state index < -0.39 is 41.0 Å². The van der Waals surface area contributed by atoms with Crippen LogP contribution in [-0.2, 0) is 4.79 Å². The van der Waals surface area contributed by atoms with Crippen molar-refractivity contribution in [3.63, 3.8) is 0 Å². The second-order valence-electron chi connectivity index (χ2n) is 6.37. The lowest BCUT2D eigenvalue weighted by Gasteiger charge is -2.34. The summed E-state index contributed by atoms with van der Waals surface area (Å²) in [5.41, 5.74) is -0.673. The Hall–Kier alpha value is -2.71. The zero-order chi connectivity index (χ0) is 19.3. The molecule has 0 bridgehead atoms. The van der Waals surface area contributed by atoms with Crippen molar-refractivity contribution in [1.29, 1.82) is 0 Å². The first kappa shape index (κ1) is 19.6. The molecule has 1 aliphatic heterocycles. The molecular formula is C17H21F2N3O4. The van der Waals surface area contributed by atoms with E-state index >= 15 is 0 Å². The van der Waals surface area contributed by atoms with Crippen LogP contribution in [0, 0.1) is 23.5 Å². The summed E-state index contributed by atoms with van der Waals surface area (Å²) in [5.74, 6) is -4.31. The number of likely N-dealkylation sites (tertiary alicyclic amines) is 1. The van der Waals surface area contributed by atoms with E-state index in [2.05, 4.69) is 10.6 Å². The van der Waals surface area contributed by atoms with Gasteiger partial charge in [0.2, 0.25) is 0 Å². The molecule has 1 saturated heterocycles. The van der Waals surface area contributed by atoms with Crippen molar-refractivity contribution in [2.24, 2.45) is 11.8 Å². The molecule has 2 atom stereocenters. The minimum atomic E-state index is -0.964. The summed E-state index contributed by atoms with van der Waals surface area (Å²) in [7, 11) is 0. The number of hydrogen-bond acceptors (Lipinski definition) is 3. The normalized spacial score (nSPS) is 19.7. The molecule has 1 aromatic rings. The number of amides is 3. The molecule has 1 fully saturated rings. The average Bonchev–Trinajstić information content (AvgIpc) is 2.57. The van der Waals surface area contributed by atoms with Gasteiger partial charge in [-0.3, -0.25) is 9.59 Å². The summed E-state index contributed by atoms with van der Waals surface area (Å²) in [6.45, 7) is 2.46. The highest BCUT2D eigenvalue weighted by atomic mass is 19.1. The molecule has 3 N–H and O–H groups in total. The average molecular weight is 369 g/mol. The van der Waals surface area contributed by atoms with Crippen molar-refractivity contribution in [3.8, 4) is 0 Å². The minimum Gasteiger partial charge on any atom is -0.481 e. The first-order valence-electron chi connectivity index (χ1n) is 8.27. The lowest BCUT2D eigenvalue weighted by Crippen LogP contribution is -2.50. The van der Waals surface area contributed by atoms with Gasteiger partial charge in [0, 0.05) is 26.2 Å². The van der Waals surface area contributed by atoms with E-state index in [1.165, 1.54) is 4.90 Å². The van der Waals surface area contributed by atoms with Gasteiger partial charge in [0.15, 0.2) is 0 Å². The van der Waals surface area contributed by atoms with Crippen LogP contribution in [0.1, 0.15) is 23.7 Å². The lowest BCUT2D eigenvalue weighted by atomic mass is 9.91. The fraction of sp³-hybridized carbons (Fsp3) is 0.471. The smallest absolute Gasteiger partial charge is 0.317 e. The monoisotopic (exact) mass is 369 g/mol. The molecule has 0 radical (unpaired) electrons. The Balaban J connectivity index is 1.79. The maximum Gasteiger partial charge on any atom is 0.317 e. The quantitative estimate of drug-likeness (QED) is 0.684. The predicted molar refractivity (Wildman–Crippen MR) is 88.6 cm³/mol. The van der Waals surface area contributed by atoms with E-state index in [9.17, 15) is 23.2 Å². The molecule has 1 heterocycles. The van der Waals surface area contributed by atoms with E-state index in [0.717, 1.165) is 18.2 Å². The number of urea groups is 1. The van der Waals surface area contributed by atoms with E-state index in [-0.39, 0.29) is 25.6 Å². The van der Waals surface area contributed by atoms with E-state index in [0.29, 0.717) is 13.0 Å². The third-order valence-corrected chi connectivity index (χ3v) is 4.17. The maximum atomic E-state index is 13.5. The zero-order valence-electron chi connectivity index (χ0n) is 14.3. The van der Waals surface area contributed by atoms with Gasteiger partial charge >= 0.3 is 12.0 Å². The minimum absolute atomic E-state index is 0.0237. The third kappa shape index (κ3) is 4.90. The number of carboxylic acids is 1. The number of halogens is 2. The standard InChI is InChI=1S/C17H21F2N3O4/c1-10-7-11(16(24)25)9-22(8-10)17(26)21-6-5-20-15(23)14-12(18)3-2-4-13(14)19/h2-4,10-11H,5-9H2,1H3,(H,20,23)(H,21,26)(H,24,25). The summed E-state index contributed by atoms with van der Waals surface area (Å²) in [4.78, 5) is 36.5. The van der Waals surface area contributed by atoms with Crippen LogP contribution in [0.25, 0.3) is 0 Å². The van der Waals surface area contributed by atoms with Crippen LogP contribution in [0.3, 0.4) is 0 Å². The van der Waals surface area contributed by atoms with Gasteiger partial charge in [-0.25, -0.2) is 13.6 Å². The summed E-state index contributed by atoms with van der Waals surface area (Å²) < 4.78 is 27.0. The predicted octanol–water partition coefficient (Wildman–Crippen LogP) is 1.45. The largest absolute Gasteiger partial charge is 0.481 e. The third-order valence-electron chi connectivity index (χ3n) is 4.17. The molecule has 2 rings (SSSR count). The van der Waals surface area contributed by atoms with Crippen molar-refractivity contribution in [1.82, 2.24) is 15.5 Å². The molecule has 0 saturated carbocycles. The number of carbonyl (C=O) groups is 3. The first-order valence-corrected chi connectivity index (χ1v) is 8.27. The molecule has 1 aromatic carbocycles. The van der Waals surface area contributed by atoms with Gasteiger partial charge in [0.05, 0.1) is 5.92 Å². The first-order chi connectivity index (χ1) is 12.3. The second-order valence-corrected chi connectivity index (χ2v) is 6.37. The maximum absolute atomic E-state index is 13.5. The fourth-order valence-electron chi connectivity index (χ4n) is 2.96. The van der Waals surface area contributed by atoms with Gasteiger partial charge in [-0.1, -0.05) is 13.0 Å². The molecule has 2 unspecified atom stereocenters. The fourth-order valence-corrected chi connectivity index (χ4v) is 2.96. The molecule has 142 valence electrons. The summed E-state index contributed by atoms with van der Waals surface area (Å²) in [6, 6.07) is 2.69. The van der Waals surface area contributed by atoms with Gasteiger partial charge in [-0.05, 0) is 24.5 Å². The molecule has 0 spiro atoms. The SMILES string of the molecule is CC1CC(C(=O)O)CN(C(=O)NCCNC(=O)c2c(F)cccc2F)C1. The second kappa shape index (κ2) is 8.59. The van der Waals surface area contributed by atoms with E-state index in [4.69, 9.17) is 5.11 Å². The number of carbonyl (C=O) groups excluding carboxylic acids is 2. The highest BCUT2D eigenvalue weighted by molar-refractivity contribution is 5.94. The van der Waals surface area contributed by atoms with Gasteiger partial charge in [-0.2, -0.15) is 0 Å². The Bertz CT molecular complexity index is 678. The van der Waals surface area contributed by atoms with Crippen molar-refractivity contribution < 1.29 is 28.3 Å². The molecule has 3 amide bonds. The number of nitrogens with one attached hydrogen (secondary N) is 2. The number of hydrogen-bond donors (Lipinski definition) is 3. The number of nitrogens with zero attached hydrogens (tertiary/aromatic N) is 1. The highest BCUT2D eigenvalue weighted by Gasteiger charge is 2.31. The zero-order valence-corrected chi connectivity index (χ0v) is 14.3. The Morgan fingerprint density at radius 2 is 1.77 bits per heavy atom. The Kier molecular flexibility index (Phi) is 6.48. The molecule has 7 nitrogen and oxygen atoms in total. The Morgan fingerprint density at radius 1 is 1.15 bits per heavy atom. The van der Waals surface area contributed by atoms with Crippen LogP contribution in [0.4, 0.5) is 13.6 Å². The van der Waals surface area contributed by atoms with Gasteiger partial charge < -0.3 is 20.6 Å². The molecule has 0 aliphatic carbocycles. The summed E-state index contributed by atoms with van der Waals surface area (Å²) in [5, 5.41) is 14.0. The van der Waals surface area contributed by atoms with Crippen LogP contribution in [0.2, 0.25) is 0 Å². The van der Waals surface area contributed by atoms with E-state index in [1.54, 1.807) is 0 Å². The van der Waals surface area contributed by atoms with Gasteiger partial charge in [0.1, 0.15) is 17.2 Å². The molecule has 26 heavy (non-hydrogen) atoms. The van der Waals surface area contributed by atoms with Gasteiger partial charge in [0.25, 0.3) is 5.91 Å². The van der Waals surface area contributed by atoms with Crippen LogP contribution in [-0.4, -0.2) is 54.1 Å². The van der Waals surface area contributed by atoms with Crippen molar-refractivity contribution in [3.05, 3.63) is 35.4 Å². The van der Waals surface area contributed by atoms with Crippen LogP contribution in [0.15, 0.2) is 18.2 Å². The van der Waals surface area contributed by atoms with Crippen molar-refractivity contribution in [2.45, 2.75) is 13.3 Å². The highest BCUT2D eigenvalue weighted by Crippen LogP contribution is 2.21. The molecular weight excluding hydrogens is 348 g/mol. The molecule has 9 heteroatoms. The number of aliphatic carboxylic acids is 1. The summed E-state index contributed by atoms with van der Waals surface area (Å²) >= 11 is 0. The summed E-state index contributed by atoms with van der Waals surface area (Å²) in [6.07, 6.45) is 0.517. The van der Waals surface area contributed by atoms with Crippen LogP contribution in [0.5, 0.6) is 0 Å². The number of piperidine rings is 1. The van der Waals surface area contributed by atoms with E-state index in [1.807, 2.05) is 6.92 Å². The van der Waals surface area contributed by atoms with Crippen molar-refractivity contribution >= 4 is 17.9 Å². The lowest BCUT2D eigenvalue weighted by molar-refractivity contribution is -0.143. The van der Waals surface area contributed by atoms with Gasteiger partial charge in [-0.15, -0.1) is 0 Å². The number of benzene rings is 1. The number of carboxylic acid groups (broad SMARTS) is 1. The Morgan fingerprint density at radius 3 is 2.38 bits per heavy atom. The Labute approximate surface area is 149 Å². The molecule has 0 aromatic heterocycles. The molecule has 1 aliphatic rings. The topological polar surface area (TPSA) is 98.7 Å².